The highest BCUT2D eigenvalue weighted by Gasteiger charge is 2.15. The summed E-state index contributed by atoms with van der Waals surface area (Å²) in [5.41, 5.74) is 2.30. The van der Waals surface area contributed by atoms with E-state index in [9.17, 15) is 14.9 Å². The highest BCUT2D eigenvalue weighted by molar-refractivity contribution is 5.99. The van der Waals surface area contributed by atoms with E-state index in [1.54, 1.807) is 0 Å². The van der Waals surface area contributed by atoms with Crippen LogP contribution in [0.2, 0.25) is 0 Å². The fraction of sp³-hybridized carbons (Fsp3) is 0.333. The predicted molar refractivity (Wildman–Crippen MR) is 85.2 cm³/mol. The van der Waals surface area contributed by atoms with E-state index in [-0.39, 0.29) is 11.2 Å². The first-order valence-corrected chi connectivity index (χ1v) is 7.03. The van der Waals surface area contributed by atoms with E-state index < -0.39 is 4.92 Å². The Morgan fingerprint density at radius 2 is 2.00 bits per heavy atom. The molecule has 116 valence electrons. The number of H-pyrrole nitrogens is 1. The minimum Gasteiger partial charge on any atom is -0.295 e. The highest BCUT2D eigenvalue weighted by atomic mass is 16.6. The van der Waals surface area contributed by atoms with Gasteiger partial charge >= 0.3 is 0 Å². The topological polar surface area (TPSA) is 93.3 Å². The van der Waals surface area contributed by atoms with Gasteiger partial charge in [0.1, 0.15) is 0 Å². The van der Waals surface area contributed by atoms with Gasteiger partial charge in [-0.15, -0.1) is 0 Å². The molecule has 0 unspecified atom stereocenters. The monoisotopic (exact) mass is 302 g/mol. The van der Waals surface area contributed by atoms with Crippen LogP contribution < -0.4 is 5.56 Å². The van der Waals surface area contributed by atoms with E-state index in [4.69, 9.17) is 0 Å². The molecule has 2 rings (SSSR count). The van der Waals surface area contributed by atoms with E-state index in [0.717, 1.165) is 12.1 Å². The Morgan fingerprint density at radius 3 is 2.55 bits per heavy atom. The maximum atomic E-state index is 12.5. The summed E-state index contributed by atoms with van der Waals surface area (Å²) in [5.74, 6) is 0. The molecule has 1 aromatic carbocycles. The molecule has 0 aliphatic carbocycles. The van der Waals surface area contributed by atoms with Gasteiger partial charge in [-0.25, -0.2) is 4.68 Å². The van der Waals surface area contributed by atoms with Crippen LogP contribution in [0.4, 0.5) is 5.69 Å². The molecule has 0 amide bonds. The van der Waals surface area contributed by atoms with Gasteiger partial charge in [-0.1, -0.05) is 6.92 Å². The highest BCUT2D eigenvalue weighted by Crippen LogP contribution is 2.14. The molecule has 1 aromatic heterocycles. The number of nitrogens with zero attached hydrogens (tertiary/aromatic N) is 3. The molecule has 0 spiro atoms. The first-order chi connectivity index (χ1) is 10.5. The van der Waals surface area contributed by atoms with E-state index in [0.29, 0.717) is 23.5 Å². The summed E-state index contributed by atoms with van der Waals surface area (Å²) in [7, 11) is 0. The number of hydrogen-bond donors (Lipinski definition) is 1. The van der Waals surface area contributed by atoms with Crippen LogP contribution in [-0.2, 0) is 0 Å². The van der Waals surface area contributed by atoms with Crippen molar-refractivity contribution in [2.75, 3.05) is 6.54 Å². The van der Waals surface area contributed by atoms with E-state index in [2.05, 4.69) is 10.1 Å². The summed E-state index contributed by atoms with van der Waals surface area (Å²) in [6.07, 6.45) is 0.914. The first-order valence-electron chi connectivity index (χ1n) is 7.03. The van der Waals surface area contributed by atoms with Gasteiger partial charge in [0.15, 0.2) is 0 Å². The van der Waals surface area contributed by atoms with Crippen molar-refractivity contribution in [3.05, 3.63) is 56.0 Å². The molecule has 22 heavy (non-hydrogen) atoms. The van der Waals surface area contributed by atoms with E-state index >= 15 is 0 Å². The molecule has 0 bridgehead atoms. The van der Waals surface area contributed by atoms with Crippen molar-refractivity contribution in [3.8, 4) is 5.69 Å². The van der Waals surface area contributed by atoms with Crippen molar-refractivity contribution >= 4 is 11.4 Å². The lowest BCUT2D eigenvalue weighted by Crippen LogP contribution is -2.19. The second-order valence-corrected chi connectivity index (χ2v) is 4.99. The van der Waals surface area contributed by atoms with Crippen LogP contribution >= 0.6 is 0 Å². The third kappa shape index (κ3) is 2.98. The molecule has 0 fully saturated rings. The van der Waals surface area contributed by atoms with Gasteiger partial charge in [0.2, 0.25) is 0 Å². The van der Waals surface area contributed by atoms with E-state index in [1.807, 2.05) is 20.8 Å². The minimum atomic E-state index is -0.473. The SMILES string of the molecule is CCCN=C(C)c1c(C)[nH]n(-c2ccc([N+](=O)[O-])cc2)c1=O. The van der Waals surface area contributed by atoms with Crippen molar-refractivity contribution in [1.82, 2.24) is 9.78 Å². The standard InChI is InChI=1S/C15H18N4O3/c1-4-9-16-10(2)14-11(3)17-18(15(14)20)12-5-7-13(8-6-12)19(21)22/h5-8,17H,4,9H2,1-3H3. The lowest BCUT2D eigenvalue weighted by atomic mass is 10.2. The van der Waals surface area contributed by atoms with Crippen LogP contribution in [0, 0.1) is 17.0 Å². The summed E-state index contributed by atoms with van der Waals surface area (Å²) < 4.78 is 1.37. The Kier molecular flexibility index (Phi) is 4.55. The quantitative estimate of drug-likeness (QED) is 0.522. The first kappa shape index (κ1) is 15.7. The average molecular weight is 302 g/mol. The summed E-state index contributed by atoms with van der Waals surface area (Å²) >= 11 is 0. The number of aryl methyl sites for hydroxylation is 1. The van der Waals surface area contributed by atoms with Gasteiger partial charge in [0, 0.05) is 30.1 Å². The van der Waals surface area contributed by atoms with Crippen molar-refractivity contribution in [2.45, 2.75) is 27.2 Å². The predicted octanol–water partition coefficient (Wildman–Crippen LogP) is 2.60. The molecule has 0 aliphatic heterocycles. The zero-order valence-electron chi connectivity index (χ0n) is 12.8. The third-order valence-corrected chi connectivity index (χ3v) is 3.32. The second-order valence-electron chi connectivity index (χ2n) is 4.99. The number of aromatic amines is 1. The van der Waals surface area contributed by atoms with Crippen molar-refractivity contribution < 1.29 is 4.92 Å². The maximum absolute atomic E-state index is 12.5. The molecule has 2 aromatic rings. The molecular weight excluding hydrogens is 284 g/mol. The number of benzene rings is 1. The lowest BCUT2D eigenvalue weighted by molar-refractivity contribution is -0.384. The molecule has 7 heteroatoms. The summed E-state index contributed by atoms with van der Waals surface area (Å²) in [6, 6.07) is 5.82. The molecule has 0 saturated heterocycles. The molecule has 1 N–H and O–H groups in total. The number of aromatic nitrogens is 2. The molecular formula is C15H18N4O3. The van der Waals surface area contributed by atoms with Gasteiger partial charge in [0.25, 0.3) is 11.2 Å². The molecule has 1 heterocycles. The number of aliphatic imine (C=N–C) groups is 1. The van der Waals surface area contributed by atoms with Crippen LogP contribution in [0.5, 0.6) is 0 Å². The van der Waals surface area contributed by atoms with Gasteiger partial charge in [-0.05, 0) is 32.4 Å². The summed E-state index contributed by atoms with van der Waals surface area (Å²) in [4.78, 5) is 27.1. The Hall–Kier alpha value is -2.70. The Balaban J connectivity index is 2.46. The van der Waals surface area contributed by atoms with Crippen LogP contribution in [0.25, 0.3) is 5.69 Å². The van der Waals surface area contributed by atoms with Crippen LogP contribution in [0.15, 0.2) is 34.1 Å². The smallest absolute Gasteiger partial charge is 0.280 e. The number of nitrogens with one attached hydrogen (secondary N) is 1. The fourth-order valence-electron chi connectivity index (χ4n) is 2.24. The van der Waals surface area contributed by atoms with Gasteiger partial charge in [-0.2, -0.15) is 0 Å². The number of nitro benzene ring substituents is 1. The Morgan fingerprint density at radius 1 is 1.36 bits per heavy atom. The van der Waals surface area contributed by atoms with Gasteiger partial charge in [0.05, 0.1) is 16.2 Å². The van der Waals surface area contributed by atoms with Crippen LogP contribution in [0.1, 0.15) is 31.5 Å². The largest absolute Gasteiger partial charge is 0.295 e. The number of nitro groups is 1. The minimum absolute atomic E-state index is 0.0130. The Bertz CT molecular complexity index is 769. The number of non-ortho nitro benzene ring substituents is 1. The van der Waals surface area contributed by atoms with Gasteiger partial charge < -0.3 is 0 Å². The molecule has 0 atom stereocenters. The lowest BCUT2D eigenvalue weighted by Gasteiger charge is -2.00. The van der Waals surface area contributed by atoms with Crippen molar-refractivity contribution in [3.63, 3.8) is 0 Å². The molecule has 7 nitrogen and oxygen atoms in total. The molecule has 0 saturated carbocycles. The van der Waals surface area contributed by atoms with Gasteiger partial charge in [-0.3, -0.25) is 25.0 Å². The maximum Gasteiger partial charge on any atom is 0.280 e. The van der Waals surface area contributed by atoms with Crippen molar-refractivity contribution in [2.24, 2.45) is 4.99 Å². The third-order valence-electron chi connectivity index (χ3n) is 3.32. The molecule has 0 radical (unpaired) electrons. The number of rotatable bonds is 5. The normalized spacial score (nSPS) is 11.7. The average Bonchev–Trinajstić information content (AvgIpc) is 2.80. The van der Waals surface area contributed by atoms with Crippen LogP contribution in [-0.4, -0.2) is 27.0 Å². The summed E-state index contributed by atoms with van der Waals surface area (Å²) in [5, 5.41) is 13.7. The van der Waals surface area contributed by atoms with E-state index in [1.165, 1.54) is 28.9 Å². The Labute approximate surface area is 127 Å². The zero-order chi connectivity index (χ0) is 16.3. The molecule has 0 aliphatic rings. The van der Waals surface area contributed by atoms with Crippen molar-refractivity contribution in [1.29, 1.82) is 0 Å². The summed E-state index contributed by atoms with van der Waals surface area (Å²) in [6.45, 7) is 6.32. The van der Waals surface area contributed by atoms with Crippen LogP contribution in [0.3, 0.4) is 0 Å². The zero-order valence-corrected chi connectivity index (χ0v) is 12.8. The number of hydrogen-bond acceptors (Lipinski definition) is 4. The second kappa shape index (κ2) is 6.38. The fourth-order valence-corrected chi connectivity index (χ4v) is 2.24.